The fourth-order valence-electron chi connectivity index (χ4n) is 9.15. The van der Waals surface area contributed by atoms with Crippen molar-refractivity contribution >= 4 is 5.91 Å². The topological polar surface area (TPSA) is 152 Å². The summed E-state index contributed by atoms with van der Waals surface area (Å²) in [6, 6.07) is -1.39. The molecule has 1 aliphatic carbocycles. The zero-order valence-electron chi connectivity index (χ0n) is 39.7. The predicted molar refractivity (Wildman–Crippen MR) is 251 cm³/mol. The Kier molecular flexibility index (Phi) is 39.0. The Morgan fingerprint density at radius 2 is 0.867 bits per heavy atom. The third kappa shape index (κ3) is 30.3. The molecule has 1 aliphatic rings. The number of aliphatic hydroxyl groups excluding tert-OH is 5. The van der Waals surface area contributed by atoms with Crippen LogP contribution in [-0.2, 0) is 9.53 Å². The van der Waals surface area contributed by atoms with E-state index in [1.165, 1.54) is 193 Å². The molecule has 0 spiro atoms. The number of aliphatic hydroxyl groups is 5. The van der Waals surface area contributed by atoms with E-state index in [-0.39, 0.29) is 18.9 Å². The Morgan fingerprint density at radius 3 is 1.23 bits per heavy atom. The van der Waals surface area contributed by atoms with Gasteiger partial charge in [-0.25, -0.2) is 0 Å². The summed E-state index contributed by atoms with van der Waals surface area (Å²) in [5.41, 5.74) is 0. The summed E-state index contributed by atoms with van der Waals surface area (Å²) in [7, 11) is 1.45. The van der Waals surface area contributed by atoms with Crippen LogP contribution in [0.15, 0.2) is 0 Å². The van der Waals surface area contributed by atoms with E-state index in [4.69, 9.17) is 4.74 Å². The summed E-state index contributed by atoms with van der Waals surface area (Å²) in [5, 5.41) is 59.8. The number of rotatable bonds is 44. The average molecular weight is 855 g/mol. The van der Waals surface area contributed by atoms with Gasteiger partial charge in [-0.05, 0) is 19.3 Å². The number of nitrogens with one attached hydrogen (secondary N) is 2. The van der Waals surface area contributed by atoms with Crippen molar-refractivity contribution in [1.82, 2.24) is 10.6 Å². The molecule has 9 heteroatoms. The van der Waals surface area contributed by atoms with Crippen molar-refractivity contribution in [2.24, 2.45) is 0 Å². The molecule has 0 aromatic carbocycles. The zero-order valence-corrected chi connectivity index (χ0v) is 39.7. The van der Waals surface area contributed by atoms with Crippen LogP contribution < -0.4 is 10.6 Å². The van der Waals surface area contributed by atoms with Crippen LogP contribution in [0.3, 0.4) is 0 Å². The largest absolute Gasteiger partial charge is 0.390 e. The van der Waals surface area contributed by atoms with Crippen molar-refractivity contribution in [2.45, 2.75) is 307 Å². The minimum atomic E-state index is -1.38. The maximum absolute atomic E-state index is 13.1. The van der Waals surface area contributed by atoms with Crippen LogP contribution in [0.1, 0.15) is 258 Å². The van der Waals surface area contributed by atoms with Gasteiger partial charge in [-0.1, -0.05) is 232 Å². The second-order valence-corrected chi connectivity index (χ2v) is 18.9. The molecule has 0 aliphatic heterocycles. The molecule has 1 amide bonds. The van der Waals surface area contributed by atoms with E-state index < -0.39 is 48.7 Å². The number of hydrogen-bond donors (Lipinski definition) is 7. The molecule has 1 rings (SSSR count). The Morgan fingerprint density at radius 1 is 0.517 bits per heavy atom. The third-order valence-electron chi connectivity index (χ3n) is 13.4. The van der Waals surface area contributed by atoms with E-state index in [2.05, 4.69) is 24.5 Å². The minimum Gasteiger partial charge on any atom is -0.390 e. The fraction of sp³-hybridized carbons (Fsp3) is 0.980. The molecule has 358 valence electrons. The SMILES string of the molecule is CCCCCCCCCCCCCCCCCCCCCCCCCC(=O)N[C@@H](CN[C@@H]1C[C@@H](OC)[C@@H](O)[C@@H](O)[C@H]1O)[C@H](O)[C@H](O)CCCCCCCCCCCCCC. The maximum atomic E-state index is 13.1. The molecular weight excluding hydrogens is 753 g/mol. The summed E-state index contributed by atoms with van der Waals surface area (Å²) in [5.74, 6) is -0.156. The molecule has 0 bridgehead atoms. The molecule has 0 saturated heterocycles. The lowest BCUT2D eigenvalue weighted by atomic mass is 9.85. The number of methoxy groups -OCH3 is 1. The first-order valence-corrected chi connectivity index (χ1v) is 26.2. The van der Waals surface area contributed by atoms with Gasteiger partial charge in [-0.2, -0.15) is 0 Å². The Labute approximate surface area is 370 Å². The highest BCUT2D eigenvalue weighted by atomic mass is 16.5. The molecule has 7 N–H and O–H groups in total. The van der Waals surface area contributed by atoms with Crippen LogP contribution in [-0.4, -0.2) is 93.8 Å². The van der Waals surface area contributed by atoms with Gasteiger partial charge in [0.2, 0.25) is 5.91 Å². The number of amides is 1. The normalized spacial score (nSPS) is 21.0. The van der Waals surface area contributed by atoms with Gasteiger partial charge in [0.25, 0.3) is 0 Å². The second kappa shape index (κ2) is 40.9. The van der Waals surface area contributed by atoms with Crippen molar-refractivity contribution in [2.75, 3.05) is 13.7 Å². The number of ether oxygens (including phenoxy) is 1. The summed E-state index contributed by atoms with van der Waals surface area (Å²) in [6.45, 7) is 4.64. The van der Waals surface area contributed by atoms with Gasteiger partial charge < -0.3 is 40.9 Å². The maximum Gasteiger partial charge on any atom is 0.220 e. The first-order valence-electron chi connectivity index (χ1n) is 26.2. The summed E-state index contributed by atoms with van der Waals surface area (Å²) >= 11 is 0. The van der Waals surface area contributed by atoms with Crippen LogP contribution in [0.4, 0.5) is 0 Å². The first-order chi connectivity index (χ1) is 29.3. The summed E-state index contributed by atoms with van der Waals surface area (Å²) < 4.78 is 5.34. The highest BCUT2D eigenvalue weighted by molar-refractivity contribution is 5.76. The lowest BCUT2D eigenvalue weighted by Crippen LogP contribution is -2.62. The summed E-state index contributed by atoms with van der Waals surface area (Å²) in [6.07, 6.45) is 39.6. The molecule has 0 radical (unpaired) electrons. The van der Waals surface area contributed by atoms with E-state index in [0.29, 0.717) is 12.8 Å². The zero-order chi connectivity index (χ0) is 43.9. The van der Waals surface area contributed by atoms with Crippen LogP contribution >= 0.6 is 0 Å². The van der Waals surface area contributed by atoms with Gasteiger partial charge in [-0.15, -0.1) is 0 Å². The van der Waals surface area contributed by atoms with Crippen LogP contribution in [0.5, 0.6) is 0 Å². The molecule has 0 aromatic heterocycles. The number of unbranched alkanes of at least 4 members (excludes halogenated alkanes) is 33. The predicted octanol–water partition coefficient (Wildman–Crippen LogP) is 11.1. The van der Waals surface area contributed by atoms with Crippen molar-refractivity contribution < 1.29 is 35.1 Å². The van der Waals surface area contributed by atoms with E-state index >= 15 is 0 Å². The van der Waals surface area contributed by atoms with Gasteiger partial charge in [0.1, 0.15) is 18.3 Å². The molecule has 8 atom stereocenters. The first kappa shape index (κ1) is 57.2. The molecule has 0 aromatic rings. The van der Waals surface area contributed by atoms with Crippen molar-refractivity contribution in [3.8, 4) is 0 Å². The molecule has 0 heterocycles. The monoisotopic (exact) mass is 855 g/mol. The highest BCUT2D eigenvalue weighted by Gasteiger charge is 2.43. The van der Waals surface area contributed by atoms with Gasteiger partial charge >= 0.3 is 0 Å². The van der Waals surface area contributed by atoms with Crippen LogP contribution in [0, 0.1) is 0 Å². The lowest BCUT2D eigenvalue weighted by Gasteiger charge is -2.41. The highest BCUT2D eigenvalue weighted by Crippen LogP contribution is 2.24. The molecule has 0 unspecified atom stereocenters. The molecule has 9 nitrogen and oxygen atoms in total. The molecule has 60 heavy (non-hydrogen) atoms. The number of hydrogen-bond acceptors (Lipinski definition) is 8. The van der Waals surface area contributed by atoms with Crippen molar-refractivity contribution in [3.05, 3.63) is 0 Å². The average Bonchev–Trinajstić information content (AvgIpc) is 3.25. The molecular formula is C51H102N2O7. The third-order valence-corrected chi connectivity index (χ3v) is 13.4. The van der Waals surface area contributed by atoms with Crippen molar-refractivity contribution in [3.63, 3.8) is 0 Å². The lowest BCUT2D eigenvalue weighted by molar-refractivity contribution is -0.155. The standard InChI is InChI=1S/C51H102N2O7/c1-4-6-8-10-12-14-16-18-19-20-21-22-23-24-25-26-27-28-30-32-34-36-38-40-47(55)53-44(42-52-43-41-46(60-3)50(58)51(59)49(43)57)48(56)45(54)39-37-35-33-31-29-17-15-13-11-9-7-5-2/h43-46,48-52,54,56-59H,4-42H2,1-3H3,(H,53,55)/t43-,44+,45-,46-,48+,49+,50-,51+/m1/s1. The smallest absolute Gasteiger partial charge is 0.220 e. The van der Waals surface area contributed by atoms with Gasteiger partial charge in [-0.3, -0.25) is 4.79 Å². The van der Waals surface area contributed by atoms with Gasteiger partial charge in [0.15, 0.2) is 0 Å². The molecule has 1 saturated carbocycles. The van der Waals surface area contributed by atoms with E-state index in [9.17, 15) is 30.3 Å². The molecule has 1 fully saturated rings. The van der Waals surface area contributed by atoms with Crippen LogP contribution in [0.25, 0.3) is 0 Å². The van der Waals surface area contributed by atoms with E-state index in [1.807, 2.05) is 0 Å². The minimum absolute atomic E-state index is 0.1000. The fourth-order valence-corrected chi connectivity index (χ4v) is 9.15. The number of carbonyl (C=O) groups is 1. The second-order valence-electron chi connectivity index (χ2n) is 18.9. The Balaban J connectivity index is 2.26. The Hall–Kier alpha value is -0.810. The quantitative estimate of drug-likeness (QED) is 0.0299. The van der Waals surface area contributed by atoms with Gasteiger partial charge in [0, 0.05) is 26.1 Å². The number of carbonyl (C=O) groups excluding carboxylic acids is 1. The van der Waals surface area contributed by atoms with Gasteiger partial charge in [0.05, 0.1) is 24.4 Å². The van der Waals surface area contributed by atoms with Crippen molar-refractivity contribution in [1.29, 1.82) is 0 Å². The Bertz CT molecular complexity index is 926. The summed E-state index contributed by atoms with van der Waals surface area (Å²) in [4.78, 5) is 13.1. The van der Waals surface area contributed by atoms with E-state index in [1.54, 1.807) is 0 Å². The van der Waals surface area contributed by atoms with E-state index in [0.717, 1.165) is 38.5 Å². The van der Waals surface area contributed by atoms with Crippen LogP contribution in [0.2, 0.25) is 0 Å².